The van der Waals surface area contributed by atoms with Crippen LogP contribution in [0.2, 0.25) is 5.15 Å². The van der Waals surface area contributed by atoms with E-state index >= 15 is 0 Å². The maximum atomic E-state index is 5.90. The lowest BCUT2D eigenvalue weighted by atomic mass is 10.1. The van der Waals surface area contributed by atoms with Crippen LogP contribution in [0.15, 0.2) is 6.07 Å². The summed E-state index contributed by atoms with van der Waals surface area (Å²) in [7, 11) is 0. The average molecular weight is 263 g/mol. The predicted octanol–water partition coefficient (Wildman–Crippen LogP) is 1.65. The fraction of sp³-hybridized carbons (Fsp3) is 0.600. The van der Waals surface area contributed by atoms with Crippen molar-refractivity contribution in [3.63, 3.8) is 0 Å². The monoisotopic (exact) mass is 262 g/mol. The minimum atomic E-state index is 0. The number of hydrogen-bond donors (Lipinski definition) is 1. The van der Waals surface area contributed by atoms with Crippen LogP contribution < -0.4 is 10.6 Å². The Morgan fingerprint density at radius 2 is 2.31 bits per heavy atom. The zero-order valence-electron chi connectivity index (χ0n) is 9.19. The standard InChI is InChI=1S/C10H15ClN4.ClH/c1-7-4-9(11)14-10(13-7)15-3-2-8(5-12)6-15;/h4,8H,2-3,5-6,12H2,1H3;1H. The van der Waals surface area contributed by atoms with E-state index in [1.54, 1.807) is 6.07 Å². The molecule has 0 amide bonds. The van der Waals surface area contributed by atoms with Gasteiger partial charge in [0.15, 0.2) is 0 Å². The normalized spacial score (nSPS) is 19.7. The van der Waals surface area contributed by atoms with Gasteiger partial charge >= 0.3 is 0 Å². The van der Waals surface area contributed by atoms with Gasteiger partial charge in [-0.3, -0.25) is 0 Å². The molecule has 0 saturated carbocycles. The quantitative estimate of drug-likeness (QED) is 0.824. The van der Waals surface area contributed by atoms with E-state index in [9.17, 15) is 0 Å². The maximum Gasteiger partial charge on any atom is 0.226 e. The molecule has 2 heterocycles. The van der Waals surface area contributed by atoms with Crippen LogP contribution in [0.5, 0.6) is 0 Å². The van der Waals surface area contributed by atoms with Crippen LogP contribution in [-0.2, 0) is 0 Å². The lowest BCUT2D eigenvalue weighted by Crippen LogP contribution is -2.24. The van der Waals surface area contributed by atoms with Crippen LogP contribution in [0.1, 0.15) is 12.1 Å². The summed E-state index contributed by atoms with van der Waals surface area (Å²) in [6.07, 6.45) is 1.12. The first-order chi connectivity index (χ1) is 7.19. The van der Waals surface area contributed by atoms with Crippen molar-refractivity contribution in [3.8, 4) is 0 Å². The third kappa shape index (κ3) is 2.97. The molecule has 16 heavy (non-hydrogen) atoms. The second-order valence-corrected chi connectivity index (χ2v) is 4.36. The molecule has 0 aromatic carbocycles. The van der Waals surface area contributed by atoms with E-state index in [1.165, 1.54) is 0 Å². The van der Waals surface area contributed by atoms with Crippen molar-refractivity contribution >= 4 is 30.0 Å². The molecule has 1 unspecified atom stereocenters. The molecule has 1 saturated heterocycles. The summed E-state index contributed by atoms with van der Waals surface area (Å²) in [6.45, 7) is 4.57. The number of nitrogens with zero attached hydrogens (tertiary/aromatic N) is 3. The summed E-state index contributed by atoms with van der Waals surface area (Å²) in [5.74, 6) is 1.30. The van der Waals surface area contributed by atoms with Crippen LogP contribution in [0.3, 0.4) is 0 Å². The SMILES string of the molecule is Cc1cc(Cl)nc(N2CCC(CN)C2)n1.Cl. The van der Waals surface area contributed by atoms with Crippen LogP contribution in [0.25, 0.3) is 0 Å². The van der Waals surface area contributed by atoms with E-state index in [4.69, 9.17) is 17.3 Å². The van der Waals surface area contributed by atoms with Gasteiger partial charge in [-0.25, -0.2) is 9.97 Å². The van der Waals surface area contributed by atoms with E-state index < -0.39 is 0 Å². The van der Waals surface area contributed by atoms with E-state index in [0.717, 1.165) is 37.7 Å². The number of hydrogen-bond acceptors (Lipinski definition) is 4. The van der Waals surface area contributed by atoms with Crippen molar-refractivity contribution in [2.75, 3.05) is 24.5 Å². The van der Waals surface area contributed by atoms with Crippen LogP contribution >= 0.6 is 24.0 Å². The maximum absolute atomic E-state index is 5.90. The number of anilines is 1. The van der Waals surface area contributed by atoms with E-state index in [0.29, 0.717) is 11.1 Å². The van der Waals surface area contributed by atoms with E-state index in [1.807, 2.05) is 6.92 Å². The Morgan fingerprint density at radius 1 is 1.56 bits per heavy atom. The minimum absolute atomic E-state index is 0. The van der Waals surface area contributed by atoms with Gasteiger partial charge in [-0.05, 0) is 31.9 Å². The Labute approximate surface area is 107 Å². The van der Waals surface area contributed by atoms with Gasteiger partial charge < -0.3 is 10.6 Å². The zero-order valence-corrected chi connectivity index (χ0v) is 10.8. The minimum Gasteiger partial charge on any atom is -0.340 e. The predicted molar refractivity (Wildman–Crippen MR) is 68.4 cm³/mol. The molecule has 2 N–H and O–H groups in total. The van der Waals surface area contributed by atoms with Crippen molar-refractivity contribution in [1.29, 1.82) is 0 Å². The molecule has 0 radical (unpaired) electrons. The van der Waals surface area contributed by atoms with Crippen molar-refractivity contribution in [2.24, 2.45) is 11.7 Å². The highest BCUT2D eigenvalue weighted by Crippen LogP contribution is 2.21. The summed E-state index contributed by atoms with van der Waals surface area (Å²) in [4.78, 5) is 10.7. The van der Waals surface area contributed by atoms with Crippen LogP contribution in [0.4, 0.5) is 5.95 Å². The molecule has 6 heteroatoms. The fourth-order valence-electron chi connectivity index (χ4n) is 1.86. The van der Waals surface area contributed by atoms with Gasteiger partial charge in [0.1, 0.15) is 5.15 Å². The van der Waals surface area contributed by atoms with Crippen molar-refractivity contribution < 1.29 is 0 Å². The third-order valence-corrected chi connectivity index (χ3v) is 2.91. The summed E-state index contributed by atoms with van der Waals surface area (Å²) in [6, 6.07) is 1.77. The topological polar surface area (TPSA) is 55.0 Å². The number of halogens is 2. The average Bonchev–Trinajstić information content (AvgIpc) is 2.64. The van der Waals surface area contributed by atoms with E-state index in [2.05, 4.69) is 14.9 Å². The second-order valence-electron chi connectivity index (χ2n) is 3.97. The Morgan fingerprint density at radius 3 is 2.88 bits per heavy atom. The molecule has 4 nitrogen and oxygen atoms in total. The van der Waals surface area contributed by atoms with Gasteiger partial charge in [-0.2, -0.15) is 0 Å². The molecule has 2 rings (SSSR count). The molecule has 0 aliphatic carbocycles. The van der Waals surface area contributed by atoms with Crippen molar-refractivity contribution in [3.05, 3.63) is 16.9 Å². The second kappa shape index (κ2) is 5.66. The Kier molecular flexibility index (Phi) is 4.77. The molecule has 1 aliphatic rings. The third-order valence-electron chi connectivity index (χ3n) is 2.71. The summed E-state index contributed by atoms with van der Waals surface area (Å²) in [5.41, 5.74) is 6.54. The van der Waals surface area contributed by atoms with Crippen molar-refractivity contribution in [2.45, 2.75) is 13.3 Å². The lowest BCUT2D eigenvalue weighted by molar-refractivity contribution is 0.601. The molecule has 1 aliphatic heterocycles. The molecule has 1 atom stereocenters. The Balaban J connectivity index is 0.00000128. The number of nitrogens with two attached hydrogens (primary N) is 1. The molecular formula is C10H16Cl2N4. The molecule has 1 aromatic rings. The molecule has 1 aromatic heterocycles. The molecular weight excluding hydrogens is 247 g/mol. The Hall–Kier alpha value is -0.580. The molecule has 1 fully saturated rings. The van der Waals surface area contributed by atoms with Crippen LogP contribution in [-0.4, -0.2) is 29.6 Å². The lowest BCUT2D eigenvalue weighted by Gasteiger charge is -2.16. The van der Waals surface area contributed by atoms with Crippen molar-refractivity contribution in [1.82, 2.24) is 9.97 Å². The van der Waals surface area contributed by atoms with Gasteiger partial charge in [0, 0.05) is 18.8 Å². The van der Waals surface area contributed by atoms with Gasteiger partial charge in [0.05, 0.1) is 0 Å². The van der Waals surface area contributed by atoms with Crippen LogP contribution in [0, 0.1) is 12.8 Å². The first-order valence-electron chi connectivity index (χ1n) is 5.15. The number of aromatic nitrogens is 2. The first kappa shape index (κ1) is 13.5. The zero-order chi connectivity index (χ0) is 10.8. The largest absolute Gasteiger partial charge is 0.340 e. The number of rotatable bonds is 2. The highest BCUT2D eigenvalue weighted by Gasteiger charge is 2.23. The molecule has 0 spiro atoms. The molecule has 90 valence electrons. The molecule has 0 bridgehead atoms. The van der Waals surface area contributed by atoms with E-state index in [-0.39, 0.29) is 12.4 Å². The van der Waals surface area contributed by atoms with Gasteiger partial charge in [0.25, 0.3) is 0 Å². The summed E-state index contributed by atoms with van der Waals surface area (Å²) < 4.78 is 0. The number of aryl methyl sites for hydroxylation is 1. The van der Waals surface area contributed by atoms with Gasteiger partial charge in [-0.15, -0.1) is 12.4 Å². The smallest absolute Gasteiger partial charge is 0.226 e. The highest BCUT2D eigenvalue weighted by atomic mass is 35.5. The van der Waals surface area contributed by atoms with Gasteiger partial charge in [0.2, 0.25) is 5.95 Å². The van der Waals surface area contributed by atoms with Gasteiger partial charge in [-0.1, -0.05) is 11.6 Å². The summed E-state index contributed by atoms with van der Waals surface area (Å²) >= 11 is 5.90. The first-order valence-corrected chi connectivity index (χ1v) is 5.53. The summed E-state index contributed by atoms with van der Waals surface area (Å²) in [5, 5.41) is 0.508. The highest BCUT2D eigenvalue weighted by molar-refractivity contribution is 6.29. The fourth-order valence-corrected chi connectivity index (χ4v) is 2.10. The Bertz CT molecular complexity index is 338.